The number of carbonyl (C=O) groups excluding carboxylic acids is 2. The van der Waals surface area contributed by atoms with E-state index in [2.05, 4.69) is 17.0 Å². The van der Waals surface area contributed by atoms with Crippen LogP contribution in [-0.2, 0) is 21.4 Å². The summed E-state index contributed by atoms with van der Waals surface area (Å²) in [6.45, 7) is 4.77. The maximum absolute atomic E-state index is 13.1. The summed E-state index contributed by atoms with van der Waals surface area (Å²) in [5.41, 5.74) is 1.68. The van der Waals surface area contributed by atoms with Crippen molar-refractivity contribution in [2.75, 3.05) is 39.3 Å². The van der Waals surface area contributed by atoms with Gasteiger partial charge in [0.1, 0.15) is 0 Å². The largest absolute Gasteiger partial charge is 0.339 e. The van der Waals surface area contributed by atoms with E-state index in [0.717, 1.165) is 13.1 Å². The summed E-state index contributed by atoms with van der Waals surface area (Å²) in [6.07, 6.45) is 3.72. The number of hydrogen-bond donors (Lipinski definition) is 0. The lowest BCUT2D eigenvalue weighted by Crippen LogP contribution is -2.52. The highest BCUT2D eigenvalue weighted by atomic mass is 32.2. The average molecular weight is 484 g/mol. The van der Waals surface area contributed by atoms with Gasteiger partial charge in [-0.3, -0.25) is 14.5 Å². The molecule has 0 atom stereocenters. The van der Waals surface area contributed by atoms with Crippen LogP contribution in [0.3, 0.4) is 0 Å². The van der Waals surface area contributed by atoms with Gasteiger partial charge in [0, 0.05) is 44.8 Å². The zero-order valence-corrected chi connectivity index (χ0v) is 20.5. The van der Waals surface area contributed by atoms with Crippen molar-refractivity contribution in [2.24, 2.45) is 5.92 Å². The molecule has 1 saturated heterocycles. The Morgan fingerprint density at radius 3 is 2.15 bits per heavy atom. The number of sulfonamides is 1. The van der Waals surface area contributed by atoms with Crippen molar-refractivity contribution in [3.8, 4) is 0 Å². The first-order chi connectivity index (χ1) is 16.3. The maximum atomic E-state index is 13.1. The monoisotopic (exact) mass is 483 g/mol. The molecule has 1 amide bonds. The van der Waals surface area contributed by atoms with E-state index in [0.29, 0.717) is 31.1 Å². The van der Waals surface area contributed by atoms with Crippen molar-refractivity contribution >= 4 is 21.7 Å². The van der Waals surface area contributed by atoms with Crippen LogP contribution in [0, 0.1) is 5.92 Å². The topological polar surface area (TPSA) is 78.0 Å². The van der Waals surface area contributed by atoms with E-state index < -0.39 is 10.0 Å². The van der Waals surface area contributed by atoms with Gasteiger partial charge in [0.25, 0.3) is 0 Å². The lowest BCUT2D eigenvalue weighted by atomic mass is 9.85. The molecule has 4 rings (SSSR count). The molecular weight excluding hydrogens is 450 g/mol. The number of ketones is 1. The van der Waals surface area contributed by atoms with Gasteiger partial charge >= 0.3 is 0 Å². The third kappa shape index (κ3) is 5.92. The van der Waals surface area contributed by atoms with Crippen molar-refractivity contribution < 1.29 is 18.0 Å². The third-order valence-corrected chi connectivity index (χ3v) is 8.75. The summed E-state index contributed by atoms with van der Waals surface area (Å²) in [6, 6.07) is 16.2. The van der Waals surface area contributed by atoms with E-state index in [1.807, 2.05) is 18.2 Å². The van der Waals surface area contributed by atoms with Crippen LogP contribution >= 0.6 is 0 Å². The van der Waals surface area contributed by atoms with Crippen LogP contribution in [0.2, 0.25) is 0 Å². The van der Waals surface area contributed by atoms with E-state index in [9.17, 15) is 18.0 Å². The SMILES string of the molecule is CC(=O)c1ccc(S(=O)(=O)N2CCN(C(=O)CN(Cc3ccccc3)CC3CCC3)CC2)cc1. The number of rotatable bonds is 9. The van der Waals surface area contributed by atoms with Gasteiger partial charge < -0.3 is 4.90 Å². The van der Waals surface area contributed by atoms with E-state index in [4.69, 9.17) is 0 Å². The number of benzene rings is 2. The van der Waals surface area contributed by atoms with Crippen LogP contribution in [0.15, 0.2) is 59.5 Å². The fourth-order valence-corrected chi connectivity index (χ4v) is 5.97. The molecule has 1 saturated carbocycles. The van der Waals surface area contributed by atoms with E-state index >= 15 is 0 Å². The van der Waals surface area contributed by atoms with Crippen molar-refractivity contribution in [1.29, 1.82) is 0 Å². The molecule has 7 nitrogen and oxygen atoms in total. The smallest absolute Gasteiger partial charge is 0.243 e. The normalized spacial score (nSPS) is 17.5. The van der Waals surface area contributed by atoms with Crippen molar-refractivity contribution in [3.05, 3.63) is 65.7 Å². The standard InChI is InChI=1S/C26H33N3O4S/c1-21(30)24-10-12-25(13-11-24)34(32,33)29-16-14-28(15-17-29)26(31)20-27(19-23-8-5-9-23)18-22-6-3-2-4-7-22/h2-4,6-7,10-13,23H,5,8-9,14-20H2,1H3. The first-order valence-electron chi connectivity index (χ1n) is 12.0. The summed E-state index contributed by atoms with van der Waals surface area (Å²) in [5.74, 6) is 0.612. The number of carbonyl (C=O) groups is 2. The van der Waals surface area contributed by atoms with Crippen molar-refractivity contribution in [1.82, 2.24) is 14.1 Å². The Bertz CT molecular complexity index is 1090. The Balaban J connectivity index is 1.34. The van der Waals surface area contributed by atoms with Crippen LogP contribution in [0.1, 0.15) is 42.1 Å². The summed E-state index contributed by atoms with van der Waals surface area (Å²) in [4.78, 5) is 28.8. The molecular formula is C26H33N3O4S. The molecule has 0 aromatic heterocycles. The predicted molar refractivity (Wildman–Crippen MR) is 131 cm³/mol. The first kappa shape index (κ1) is 24.6. The summed E-state index contributed by atoms with van der Waals surface area (Å²) < 4.78 is 27.5. The molecule has 2 aromatic carbocycles. The molecule has 2 aliphatic rings. The number of Topliss-reactive ketones (excluding diaryl/α,β-unsaturated/α-hetero) is 1. The van der Waals surface area contributed by atoms with Gasteiger partial charge in [-0.05, 0) is 43.4 Å². The Morgan fingerprint density at radius 1 is 0.941 bits per heavy atom. The molecule has 1 heterocycles. The van der Waals surface area contributed by atoms with Gasteiger partial charge in [0.2, 0.25) is 15.9 Å². The van der Waals surface area contributed by atoms with E-state index in [-0.39, 0.29) is 29.7 Å². The highest BCUT2D eigenvalue weighted by molar-refractivity contribution is 7.89. The quantitative estimate of drug-likeness (QED) is 0.513. The molecule has 0 unspecified atom stereocenters. The zero-order chi connectivity index (χ0) is 24.1. The van der Waals surface area contributed by atoms with E-state index in [1.54, 1.807) is 17.0 Å². The zero-order valence-electron chi connectivity index (χ0n) is 19.7. The second kappa shape index (κ2) is 10.8. The minimum Gasteiger partial charge on any atom is -0.339 e. The van der Waals surface area contributed by atoms with Gasteiger partial charge in [-0.15, -0.1) is 0 Å². The molecule has 0 N–H and O–H groups in total. The molecule has 182 valence electrons. The molecule has 0 spiro atoms. The average Bonchev–Trinajstić information content (AvgIpc) is 2.82. The lowest BCUT2D eigenvalue weighted by molar-refractivity contribution is -0.134. The minimum atomic E-state index is -3.66. The minimum absolute atomic E-state index is 0.0538. The van der Waals surface area contributed by atoms with E-state index in [1.165, 1.54) is 48.2 Å². The predicted octanol–water partition coefficient (Wildman–Crippen LogP) is 3.02. The van der Waals surface area contributed by atoms with Crippen molar-refractivity contribution in [3.63, 3.8) is 0 Å². The molecule has 1 aliphatic carbocycles. The van der Waals surface area contributed by atoms with Gasteiger partial charge in [0.15, 0.2) is 5.78 Å². The fraction of sp³-hybridized carbons (Fsp3) is 0.462. The Kier molecular flexibility index (Phi) is 7.80. The number of piperazine rings is 1. The summed E-state index contributed by atoms with van der Waals surface area (Å²) in [7, 11) is -3.66. The summed E-state index contributed by atoms with van der Waals surface area (Å²) in [5, 5.41) is 0. The molecule has 2 fully saturated rings. The summed E-state index contributed by atoms with van der Waals surface area (Å²) >= 11 is 0. The van der Waals surface area contributed by atoms with Gasteiger partial charge in [-0.1, -0.05) is 48.9 Å². The Hall–Kier alpha value is -2.55. The lowest BCUT2D eigenvalue weighted by Gasteiger charge is -2.36. The van der Waals surface area contributed by atoms with Crippen LogP contribution < -0.4 is 0 Å². The first-order valence-corrected chi connectivity index (χ1v) is 13.4. The van der Waals surface area contributed by atoms with Crippen molar-refractivity contribution in [2.45, 2.75) is 37.6 Å². The molecule has 0 radical (unpaired) electrons. The molecule has 0 bridgehead atoms. The van der Waals surface area contributed by atoms with Crippen LogP contribution in [0.4, 0.5) is 0 Å². The highest BCUT2D eigenvalue weighted by Gasteiger charge is 2.31. The van der Waals surface area contributed by atoms with Gasteiger partial charge in [-0.2, -0.15) is 4.31 Å². The van der Waals surface area contributed by atoms with Crippen LogP contribution in [0.5, 0.6) is 0 Å². The van der Waals surface area contributed by atoms with Gasteiger partial charge in [0.05, 0.1) is 11.4 Å². The van der Waals surface area contributed by atoms with Crippen LogP contribution in [-0.4, -0.2) is 73.5 Å². The Labute approximate surface area is 202 Å². The number of nitrogens with zero attached hydrogens (tertiary/aromatic N) is 3. The number of amides is 1. The highest BCUT2D eigenvalue weighted by Crippen LogP contribution is 2.27. The molecule has 8 heteroatoms. The Morgan fingerprint density at radius 2 is 1.59 bits per heavy atom. The number of hydrogen-bond acceptors (Lipinski definition) is 5. The second-order valence-electron chi connectivity index (χ2n) is 9.32. The van der Waals surface area contributed by atoms with Crippen LogP contribution in [0.25, 0.3) is 0 Å². The second-order valence-corrected chi connectivity index (χ2v) is 11.3. The molecule has 34 heavy (non-hydrogen) atoms. The van der Waals surface area contributed by atoms with Gasteiger partial charge in [-0.25, -0.2) is 8.42 Å². The maximum Gasteiger partial charge on any atom is 0.243 e. The fourth-order valence-electron chi connectivity index (χ4n) is 4.55. The molecule has 1 aliphatic heterocycles. The third-order valence-electron chi connectivity index (χ3n) is 6.84. The molecule has 2 aromatic rings.